The molecule has 0 aromatic heterocycles. The Hall–Kier alpha value is -0.483. The molecular formula is C20H38O11Si. The molecule has 0 aromatic rings. The van der Waals surface area contributed by atoms with Gasteiger partial charge in [-0.15, -0.1) is 6.58 Å². The van der Waals surface area contributed by atoms with E-state index in [1.165, 1.54) is 6.08 Å². The predicted molar refractivity (Wildman–Crippen MR) is 114 cm³/mol. The zero-order valence-electron chi connectivity index (χ0n) is 18.7. The van der Waals surface area contributed by atoms with Crippen molar-refractivity contribution in [1.82, 2.24) is 0 Å². The summed E-state index contributed by atoms with van der Waals surface area (Å²) in [6, 6.07) is 0.735. The third-order valence-corrected chi connectivity index (χ3v) is 7.99. The van der Waals surface area contributed by atoms with E-state index in [9.17, 15) is 40.9 Å². The molecule has 188 valence electrons. The van der Waals surface area contributed by atoms with Crippen molar-refractivity contribution < 1.29 is 55.1 Å². The van der Waals surface area contributed by atoms with Crippen molar-refractivity contribution in [2.75, 3.05) is 19.8 Å². The van der Waals surface area contributed by atoms with Gasteiger partial charge in [0.15, 0.2) is 11.9 Å². The molecule has 2 saturated heterocycles. The van der Waals surface area contributed by atoms with Gasteiger partial charge in [-0.2, -0.15) is 0 Å². The first-order valence-corrected chi connectivity index (χ1v) is 14.4. The van der Waals surface area contributed by atoms with Crippen LogP contribution in [-0.2, 0) is 14.2 Å². The number of ether oxygens (including phenoxy) is 3. The minimum Gasteiger partial charge on any atom is -0.394 e. The highest BCUT2D eigenvalue weighted by Crippen LogP contribution is 2.43. The van der Waals surface area contributed by atoms with E-state index in [4.69, 9.17) is 14.2 Å². The lowest BCUT2D eigenvalue weighted by Gasteiger charge is -2.57. The molecule has 2 rings (SSSR count). The summed E-state index contributed by atoms with van der Waals surface area (Å²) in [5.74, 6) is 0. The number of aliphatic hydroxyl groups is 8. The van der Waals surface area contributed by atoms with E-state index in [0.29, 0.717) is 0 Å². The molecule has 2 aliphatic heterocycles. The number of hydrogen-bond acceptors (Lipinski definition) is 11. The maximum absolute atomic E-state index is 11.4. The number of hydrogen-bond donors (Lipinski definition) is 8. The average Bonchev–Trinajstić information content (AvgIpc) is 2.72. The van der Waals surface area contributed by atoms with E-state index in [-0.39, 0.29) is 13.0 Å². The second-order valence-corrected chi connectivity index (χ2v) is 15.5. The molecule has 0 aliphatic carbocycles. The fraction of sp³-hybridized carbons (Fsp3) is 0.900. The maximum atomic E-state index is 11.4. The van der Waals surface area contributed by atoms with Gasteiger partial charge < -0.3 is 55.1 Å². The van der Waals surface area contributed by atoms with Crippen molar-refractivity contribution in [3.05, 3.63) is 12.7 Å². The van der Waals surface area contributed by atoms with E-state index in [1.54, 1.807) is 0 Å². The van der Waals surface area contributed by atoms with Crippen molar-refractivity contribution in [1.29, 1.82) is 0 Å². The summed E-state index contributed by atoms with van der Waals surface area (Å²) in [6.45, 7) is 8.42. The zero-order chi connectivity index (χ0) is 24.5. The maximum Gasteiger partial charge on any atom is 0.186 e. The largest absolute Gasteiger partial charge is 0.394 e. The number of rotatable bonds is 9. The lowest BCUT2D eigenvalue weighted by Crippen LogP contribution is -2.79. The Morgan fingerprint density at radius 3 is 2.09 bits per heavy atom. The van der Waals surface area contributed by atoms with Gasteiger partial charge in [-0.05, 0) is 12.5 Å². The monoisotopic (exact) mass is 482 g/mol. The summed E-state index contributed by atoms with van der Waals surface area (Å²) in [5.41, 5.74) is -4.93. The Balaban J connectivity index is 2.34. The highest BCUT2D eigenvalue weighted by Gasteiger charge is 2.67. The van der Waals surface area contributed by atoms with Gasteiger partial charge in [0.1, 0.15) is 48.3 Å². The van der Waals surface area contributed by atoms with Gasteiger partial charge in [-0.25, -0.2) is 0 Å². The Morgan fingerprint density at radius 1 is 0.969 bits per heavy atom. The predicted octanol–water partition coefficient (Wildman–Crippen LogP) is -2.70. The van der Waals surface area contributed by atoms with Gasteiger partial charge in [-0.3, -0.25) is 0 Å². The average molecular weight is 483 g/mol. The summed E-state index contributed by atoms with van der Waals surface area (Å²) in [7, 11) is -1.47. The van der Waals surface area contributed by atoms with Gasteiger partial charge >= 0.3 is 0 Å². The van der Waals surface area contributed by atoms with E-state index >= 15 is 0 Å². The molecule has 0 saturated carbocycles. The highest BCUT2D eigenvalue weighted by atomic mass is 28.3. The minimum absolute atomic E-state index is 0.223. The van der Waals surface area contributed by atoms with Crippen molar-refractivity contribution in [2.45, 2.75) is 92.3 Å². The zero-order valence-corrected chi connectivity index (χ0v) is 19.7. The third kappa shape index (κ3) is 5.11. The summed E-state index contributed by atoms with van der Waals surface area (Å²) >= 11 is 0. The Kier molecular flexibility index (Phi) is 9.04. The first-order chi connectivity index (χ1) is 14.8. The SMILES string of the molecule is C=CC[C@@]1(O)[C@@H](O)[C@H]([C@@]2(O)[C@H](O)[C@@H](O)[C@@H](OCC[Si](C)(C)C)O[C@@H]2CO)O[C@H](CO)[C@@H]1O. The van der Waals surface area contributed by atoms with Crippen LogP contribution in [0.3, 0.4) is 0 Å². The van der Waals surface area contributed by atoms with Gasteiger partial charge in [0.25, 0.3) is 0 Å². The summed E-state index contributed by atoms with van der Waals surface area (Å²) in [6.07, 6.45) is -13.0. The minimum atomic E-state index is -2.63. The normalized spacial score (nSPS) is 45.6. The van der Waals surface area contributed by atoms with Crippen LogP contribution in [0.2, 0.25) is 25.7 Å². The summed E-state index contributed by atoms with van der Waals surface area (Å²) in [4.78, 5) is 0. The van der Waals surface area contributed by atoms with Crippen molar-refractivity contribution >= 4 is 8.07 Å². The summed E-state index contributed by atoms with van der Waals surface area (Å²) in [5, 5.41) is 84.5. The second kappa shape index (κ2) is 10.4. The lowest BCUT2D eigenvalue weighted by atomic mass is 9.70. The van der Waals surface area contributed by atoms with Crippen LogP contribution < -0.4 is 0 Å². The van der Waals surface area contributed by atoms with Crippen molar-refractivity contribution in [2.24, 2.45) is 0 Å². The highest BCUT2D eigenvalue weighted by molar-refractivity contribution is 6.76. The van der Waals surface area contributed by atoms with Crippen LogP contribution in [0.25, 0.3) is 0 Å². The smallest absolute Gasteiger partial charge is 0.186 e. The first-order valence-electron chi connectivity index (χ1n) is 10.7. The quantitative estimate of drug-likeness (QED) is 0.126. The van der Waals surface area contributed by atoms with Crippen LogP contribution in [0.5, 0.6) is 0 Å². The van der Waals surface area contributed by atoms with Gasteiger partial charge in [0.2, 0.25) is 0 Å². The molecule has 12 heteroatoms. The molecule has 0 amide bonds. The van der Waals surface area contributed by atoms with Gasteiger partial charge in [0.05, 0.1) is 13.2 Å². The molecule has 2 fully saturated rings. The molecule has 10 atom stereocenters. The molecular weight excluding hydrogens is 444 g/mol. The third-order valence-electron chi connectivity index (χ3n) is 6.28. The topological polar surface area (TPSA) is 190 Å². The van der Waals surface area contributed by atoms with Gasteiger partial charge in [0, 0.05) is 14.7 Å². The van der Waals surface area contributed by atoms with Crippen LogP contribution in [0, 0.1) is 0 Å². The fourth-order valence-electron chi connectivity index (χ4n) is 4.20. The van der Waals surface area contributed by atoms with Crippen molar-refractivity contribution in [3.63, 3.8) is 0 Å². The molecule has 0 unspecified atom stereocenters. The van der Waals surface area contributed by atoms with Crippen LogP contribution in [-0.4, -0.2) is 129 Å². The summed E-state index contributed by atoms with van der Waals surface area (Å²) < 4.78 is 16.6. The van der Waals surface area contributed by atoms with Crippen molar-refractivity contribution in [3.8, 4) is 0 Å². The Labute approximate surface area is 188 Å². The van der Waals surface area contributed by atoms with Crippen LogP contribution in [0.1, 0.15) is 6.42 Å². The molecule has 2 heterocycles. The van der Waals surface area contributed by atoms with E-state index in [2.05, 4.69) is 26.2 Å². The fourth-order valence-corrected chi connectivity index (χ4v) is 4.93. The second-order valence-electron chi connectivity index (χ2n) is 9.83. The molecule has 11 nitrogen and oxygen atoms in total. The number of aliphatic hydroxyl groups excluding tert-OH is 6. The molecule has 0 spiro atoms. The van der Waals surface area contributed by atoms with E-state index in [1.807, 2.05) is 0 Å². The lowest BCUT2D eigenvalue weighted by molar-refractivity contribution is -0.380. The first kappa shape index (κ1) is 27.8. The van der Waals surface area contributed by atoms with Crippen LogP contribution in [0.15, 0.2) is 12.7 Å². The molecule has 0 bridgehead atoms. The van der Waals surface area contributed by atoms with E-state index < -0.39 is 81.5 Å². The van der Waals surface area contributed by atoms with E-state index in [0.717, 1.165) is 6.04 Å². The molecule has 32 heavy (non-hydrogen) atoms. The van der Waals surface area contributed by atoms with Crippen LogP contribution in [0.4, 0.5) is 0 Å². The molecule has 8 N–H and O–H groups in total. The Morgan fingerprint density at radius 2 is 1.59 bits per heavy atom. The van der Waals surface area contributed by atoms with Gasteiger partial charge in [-0.1, -0.05) is 25.7 Å². The molecule has 0 aromatic carbocycles. The molecule has 0 radical (unpaired) electrons. The Bertz CT molecular complexity index is 627. The standard InChI is InChI=1S/C20H38O11Si/c1-5-6-19(27)14(24)11(9-21)30-17(16(19)26)20(28)12(10-22)31-18(13(23)15(20)25)29-7-8-32(2,3)4/h5,11-18,21-28H,1,6-10H2,2-4H3/t11-,12-,13-,14+,15-,16+,17-,18+,19+,20+/m1/s1. The molecule has 2 aliphatic rings. The van der Waals surface area contributed by atoms with Crippen LogP contribution >= 0.6 is 0 Å².